The zero-order valence-electron chi connectivity index (χ0n) is 15.9. The minimum absolute atomic E-state index is 0.178. The molecular weight excluding hydrogens is 292 g/mol. The summed E-state index contributed by atoms with van der Waals surface area (Å²) in [7, 11) is 0. The van der Waals surface area contributed by atoms with Gasteiger partial charge in [0.05, 0.1) is 6.10 Å². The highest BCUT2D eigenvalue weighted by molar-refractivity contribution is 5.25. The normalized spacial score (nSPS) is 51.8. The zero-order valence-corrected chi connectivity index (χ0v) is 15.9. The fourth-order valence-corrected chi connectivity index (χ4v) is 7.78. The van der Waals surface area contributed by atoms with Crippen LogP contribution >= 0.6 is 0 Å². The van der Waals surface area contributed by atoms with Crippen LogP contribution < -0.4 is 0 Å². The molecule has 4 aliphatic rings. The molecule has 8 atom stereocenters. The van der Waals surface area contributed by atoms with Crippen molar-refractivity contribution in [3.05, 3.63) is 24.3 Å². The predicted molar refractivity (Wildman–Crippen MR) is 101 cm³/mol. The summed E-state index contributed by atoms with van der Waals surface area (Å²) in [6.07, 6.45) is 14.7. The van der Waals surface area contributed by atoms with Crippen LogP contribution in [-0.2, 0) is 0 Å². The second-order valence-corrected chi connectivity index (χ2v) is 9.95. The highest BCUT2D eigenvalue weighted by Crippen LogP contribution is 2.67. The maximum absolute atomic E-state index is 10.1. The summed E-state index contributed by atoms with van der Waals surface area (Å²) >= 11 is 0. The Labute approximate surface area is 148 Å². The minimum Gasteiger partial charge on any atom is -0.389 e. The topological polar surface area (TPSA) is 20.2 Å². The van der Waals surface area contributed by atoms with Crippen molar-refractivity contribution < 1.29 is 5.11 Å². The van der Waals surface area contributed by atoms with Gasteiger partial charge in [-0.2, -0.15) is 0 Å². The van der Waals surface area contributed by atoms with E-state index in [4.69, 9.17) is 0 Å². The van der Waals surface area contributed by atoms with Gasteiger partial charge < -0.3 is 5.11 Å². The SMILES string of the molecule is C=CC(C)[C@H]1CC[C@H]2[C@@H]3CCC4=CC(O)CC[C@]4(C)[C@H]3CC[C@]12C. The number of fused-ring (bicyclic) bond motifs is 5. The number of aliphatic hydroxyl groups is 1. The van der Waals surface area contributed by atoms with E-state index in [0.717, 1.165) is 30.1 Å². The molecule has 2 unspecified atom stereocenters. The highest BCUT2D eigenvalue weighted by Gasteiger charge is 2.59. The third-order valence-corrected chi connectivity index (χ3v) is 9.17. The van der Waals surface area contributed by atoms with Crippen LogP contribution in [0.5, 0.6) is 0 Å². The molecule has 24 heavy (non-hydrogen) atoms. The standard InChI is InChI=1S/C23H36O/c1-5-15(2)19-8-9-20-18-7-6-16-14-17(24)10-12-22(16,3)21(18)11-13-23(19,20)4/h5,14-15,17-21,24H,1,6-13H2,2-4H3/t15?,17?,18-,19+,20-,21-,22-,23+/m0/s1. The zero-order chi connectivity index (χ0) is 17.1. The summed E-state index contributed by atoms with van der Waals surface area (Å²) in [5, 5.41) is 10.1. The maximum Gasteiger partial charge on any atom is 0.0724 e. The summed E-state index contributed by atoms with van der Waals surface area (Å²) in [6, 6.07) is 0. The molecule has 0 spiro atoms. The number of hydrogen-bond acceptors (Lipinski definition) is 1. The van der Waals surface area contributed by atoms with Gasteiger partial charge in [0.2, 0.25) is 0 Å². The quantitative estimate of drug-likeness (QED) is 0.640. The minimum atomic E-state index is -0.178. The molecular formula is C23H36O. The average Bonchev–Trinajstić information content (AvgIpc) is 2.92. The van der Waals surface area contributed by atoms with Gasteiger partial charge in [-0.25, -0.2) is 0 Å². The van der Waals surface area contributed by atoms with Crippen molar-refractivity contribution in [3.8, 4) is 0 Å². The molecule has 0 saturated heterocycles. The summed E-state index contributed by atoms with van der Waals surface area (Å²) in [6.45, 7) is 11.6. The summed E-state index contributed by atoms with van der Waals surface area (Å²) in [5.41, 5.74) is 2.52. The van der Waals surface area contributed by atoms with Crippen molar-refractivity contribution in [2.24, 2.45) is 40.4 Å². The van der Waals surface area contributed by atoms with Crippen LogP contribution in [0.3, 0.4) is 0 Å². The van der Waals surface area contributed by atoms with Gasteiger partial charge in [0.25, 0.3) is 0 Å². The molecule has 0 bridgehead atoms. The van der Waals surface area contributed by atoms with E-state index in [1.165, 1.54) is 44.9 Å². The molecule has 1 nitrogen and oxygen atoms in total. The molecule has 0 heterocycles. The van der Waals surface area contributed by atoms with Gasteiger partial charge in [0.1, 0.15) is 0 Å². The fourth-order valence-electron chi connectivity index (χ4n) is 7.78. The lowest BCUT2D eigenvalue weighted by Crippen LogP contribution is -2.51. The van der Waals surface area contributed by atoms with E-state index in [-0.39, 0.29) is 6.10 Å². The van der Waals surface area contributed by atoms with E-state index in [9.17, 15) is 5.11 Å². The summed E-state index contributed by atoms with van der Waals surface area (Å²) in [4.78, 5) is 0. The number of rotatable bonds is 2. The molecule has 4 aliphatic carbocycles. The monoisotopic (exact) mass is 328 g/mol. The Morgan fingerprint density at radius 3 is 2.67 bits per heavy atom. The highest BCUT2D eigenvalue weighted by atomic mass is 16.3. The van der Waals surface area contributed by atoms with Gasteiger partial charge in [-0.15, -0.1) is 6.58 Å². The molecule has 0 aromatic rings. The molecule has 0 radical (unpaired) electrons. The molecule has 3 fully saturated rings. The Hall–Kier alpha value is -0.560. The smallest absolute Gasteiger partial charge is 0.0724 e. The molecule has 4 rings (SSSR count). The summed E-state index contributed by atoms with van der Waals surface area (Å²) < 4.78 is 0. The summed E-state index contributed by atoms with van der Waals surface area (Å²) in [5.74, 6) is 4.22. The average molecular weight is 329 g/mol. The Morgan fingerprint density at radius 1 is 1.12 bits per heavy atom. The second-order valence-electron chi connectivity index (χ2n) is 9.95. The van der Waals surface area contributed by atoms with Crippen LogP contribution in [-0.4, -0.2) is 11.2 Å². The van der Waals surface area contributed by atoms with Crippen molar-refractivity contribution in [2.45, 2.75) is 78.2 Å². The van der Waals surface area contributed by atoms with Crippen LogP contribution in [0.2, 0.25) is 0 Å². The van der Waals surface area contributed by atoms with E-state index in [1.807, 2.05) is 0 Å². The molecule has 3 saturated carbocycles. The molecule has 1 N–H and O–H groups in total. The van der Waals surface area contributed by atoms with Crippen molar-refractivity contribution in [3.63, 3.8) is 0 Å². The number of aliphatic hydroxyl groups excluding tert-OH is 1. The number of hydrogen-bond donors (Lipinski definition) is 1. The lowest BCUT2D eigenvalue weighted by atomic mass is 9.46. The Balaban J connectivity index is 1.63. The largest absolute Gasteiger partial charge is 0.389 e. The molecule has 0 aromatic carbocycles. The van der Waals surface area contributed by atoms with Crippen molar-refractivity contribution in [1.29, 1.82) is 0 Å². The van der Waals surface area contributed by atoms with Crippen LogP contribution in [0.4, 0.5) is 0 Å². The van der Waals surface area contributed by atoms with Gasteiger partial charge in [0, 0.05) is 0 Å². The van der Waals surface area contributed by atoms with Crippen molar-refractivity contribution in [1.82, 2.24) is 0 Å². The van der Waals surface area contributed by atoms with Crippen molar-refractivity contribution >= 4 is 0 Å². The fraction of sp³-hybridized carbons (Fsp3) is 0.826. The molecule has 0 aliphatic heterocycles. The van der Waals surface area contributed by atoms with Gasteiger partial charge in [-0.3, -0.25) is 0 Å². The van der Waals surface area contributed by atoms with Gasteiger partial charge >= 0.3 is 0 Å². The third-order valence-electron chi connectivity index (χ3n) is 9.17. The number of allylic oxidation sites excluding steroid dienone is 2. The Bertz CT molecular complexity index is 548. The first-order valence-electron chi connectivity index (χ1n) is 10.4. The Morgan fingerprint density at radius 2 is 1.92 bits per heavy atom. The van der Waals surface area contributed by atoms with E-state index in [2.05, 4.69) is 39.5 Å². The molecule has 0 amide bonds. The molecule has 134 valence electrons. The second kappa shape index (κ2) is 5.73. The lowest BCUT2D eigenvalue weighted by molar-refractivity contribution is -0.0594. The van der Waals surface area contributed by atoms with E-state index in [0.29, 0.717) is 16.7 Å². The maximum atomic E-state index is 10.1. The third kappa shape index (κ3) is 2.23. The van der Waals surface area contributed by atoms with Crippen LogP contribution in [0.25, 0.3) is 0 Å². The lowest BCUT2D eigenvalue weighted by Gasteiger charge is -2.59. The first-order valence-corrected chi connectivity index (χ1v) is 10.4. The molecule has 1 heteroatoms. The van der Waals surface area contributed by atoms with E-state index in [1.54, 1.807) is 5.57 Å². The first-order chi connectivity index (χ1) is 11.4. The van der Waals surface area contributed by atoms with Crippen LogP contribution in [0, 0.1) is 40.4 Å². The van der Waals surface area contributed by atoms with Crippen LogP contribution in [0.15, 0.2) is 24.3 Å². The van der Waals surface area contributed by atoms with Crippen molar-refractivity contribution in [2.75, 3.05) is 0 Å². The van der Waals surface area contributed by atoms with Gasteiger partial charge in [-0.1, -0.05) is 38.5 Å². The van der Waals surface area contributed by atoms with E-state index < -0.39 is 0 Å². The molecule has 0 aromatic heterocycles. The van der Waals surface area contributed by atoms with Gasteiger partial charge in [0.15, 0.2) is 0 Å². The van der Waals surface area contributed by atoms with Gasteiger partial charge in [-0.05, 0) is 91.8 Å². The first kappa shape index (κ1) is 16.9. The van der Waals surface area contributed by atoms with Crippen LogP contribution in [0.1, 0.15) is 72.1 Å². The van der Waals surface area contributed by atoms with E-state index >= 15 is 0 Å². The predicted octanol–water partition coefficient (Wildman–Crippen LogP) is 5.75. The Kier molecular flexibility index (Phi) is 4.03.